The summed E-state index contributed by atoms with van der Waals surface area (Å²) in [7, 11) is 0. The fourth-order valence-corrected chi connectivity index (χ4v) is 1.52. The zero-order valence-corrected chi connectivity index (χ0v) is 6.76. The molecule has 0 radical (unpaired) electrons. The van der Waals surface area contributed by atoms with E-state index in [-0.39, 0.29) is 0 Å². The summed E-state index contributed by atoms with van der Waals surface area (Å²) < 4.78 is 4.79. The van der Waals surface area contributed by atoms with Gasteiger partial charge in [-0.1, -0.05) is 5.16 Å². The van der Waals surface area contributed by atoms with Gasteiger partial charge in [0.25, 0.3) is 0 Å². The van der Waals surface area contributed by atoms with Crippen LogP contribution in [0.5, 0.6) is 0 Å². The molecule has 0 saturated carbocycles. The molecular formula is C7H6N2OS. The minimum absolute atomic E-state index is 0.847. The number of thiazole rings is 1. The summed E-state index contributed by atoms with van der Waals surface area (Å²) in [5.74, 6) is 0. The molecule has 0 aromatic carbocycles. The van der Waals surface area contributed by atoms with Crippen LogP contribution in [0.3, 0.4) is 0 Å². The SMILES string of the molecule is Cc1conc1-c1nccs1. The molecule has 0 aliphatic rings. The number of nitrogens with zero attached hydrogens (tertiary/aromatic N) is 2. The second-order valence-electron chi connectivity index (χ2n) is 2.18. The van der Waals surface area contributed by atoms with Crippen molar-refractivity contribution in [3.05, 3.63) is 23.4 Å². The summed E-state index contributed by atoms with van der Waals surface area (Å²) in [6.45, 7) is 1.95. The molecule has 0 unspecified atom stereocenters. The Balaban J connectivity index is 2.53. The number of aryl methyl sites for hydroxylation is 1. The van der Waals surface area contributed by atoms with E-state index < -0.39 is 0 Å². The van der Waals surface area contributed by atoms with Crippen LogP contribution in [0.25, 0.3) is 10.7 Å². The van der Waals surface area contributed by atoms with Gasteiger partial charge >= 0.3 is 0 Å². The molecule has 11 heavy (non-hydrogen) atoms. The van der Waals surface area contributed by atoms with Gasteiger partial charge in [0, 0.05) is 17.1 Å². The van der Waals surface area contributed by atoms with Crippen LogP contribution in [0.2, 0.25) is 0 Å². The molecule has 3 nitrogen and oxygen atoms in total. The maximum Gasteiger partial charge on any atom is 0.145 e. The lowest BCUT2D eigenvalue weighted by molar-refractivity contribution is 0.421. The van der Waals surface area contributed by atoms with E-state index in [4.69, 9.17) is 4.52 Å². The normalized spacial score (nSPS) is 10.3. The van der Waals surface area contributed by atoms with E-state index in [1.165, 1.54) is 0 Å². The average molecular weight is 166 g/mol. The highest BCUT2D eigenvalue weighted by molar-refractivity contribution is 7.13. The van der Waals surface area contributed by atoms with Crippen LogP contribution >= 0.6 is 11.3 Å². The lowest BCUT2D eigenvalue weighted by Crippen LogP contribution is -1.76. The molecule has 0 atom stereocenters. The van der Waals surface area contributed by atoms with Crippen LogP contribution in [0, 0.1) is 6.92 Å². The summed E-state index contributed by atoms with van der Waals surface area (Å²) >= 11 is 1.56. The number of hydrogen-bond acceptors (Lipinski definition) is 4. The number of aromatic nitrogens is 2. The zero-order valence-electron chi connectivity index (χ0n) is 5.94. The highest BCUT2D eigenvalue weighted by Gasteiger charge is 2.07. The number of hydrogen-bond donors (Lipinski definition) is 0. The molecule has 0 bridgehead atoms. The number of rotatable bonds is 1. The third-order valence-electron chi connectivity index (χ3n) is 1.38. The molecular weight excluding hydrogens is 160 g/mol. The first kappa shape index (κ1) is 6.54. The van der Waals surface area contributed by atoms with Crippen molar-refractivity contribution in [3.63, 3.8) is 0 Å². The summed E-state index contributed by atoms with van der Waals surface area (Å²) in [6.07, 6.45) is 3.38. The van der Waals surface area contributed by atoms with Gasteiger partial charge in [-0.15, -0.1) is 11.3 Å². The topological polar surface area (TPSA) is 38.9 Å². The molecule has 0 saturated heterocycles. The van der Waals surface area contributed by atoms with Crippen molar-refractivity contribution in [2.24, 2.45) is 0 Å². The fourth-order valence-electron chi connectivity index (χ4n) is 0.834. The first-order chi connectivity index (χ1) is 5.38. The van der Waals surface area contributed by atoms with Crippen molar-refractivity contribution in [2.75, 3.05) is 0 Å². The zero-order chi connectivity index (χ0) is 7.68. The summed E-state index contributed by atoms with van der Waals surface area (Å²) in [6, 6.07) is 0. The van der Waals surface area contributed by atoms with Gasteiger partial charge in [0.2, 0.25) is 0 Å². The maximum atomic E-state index is 4.79. The van der Waals surface area contributed by atoms with Crippen molar-refractivity contribution in [3.8, 4) is 10.7 Å². The average Bonchev–Trinajstić information content (AvgIpc) is 2.55. The molecule has 2 aromatic heterocycles. The van der Waals surface area contributed by atoms with Crippen molar-refractivity contribution < 1.29 is 4.52 Å². The summed E-state index contributed by atoms with van der Waals surface area (Å²) in [5, 5.41) is 6.66. The van der Waals surface area contributed by atoms with Crippen LogP contribution in [-0.4, -0.2) is 10.1 Å². The van der Waals surface area contributed by atoms with Crippen LogP contribution in [0.4, 0.5) is 0 Å². The minimum atomic E-state index is 0.847. The van der Waals surface area contributed by atoms with E-state index in [9.17, 15) is 0 Å². The van der Waals surface area contributed by atoms with Gasteiger partial charge in [-0.25, -0.2) is 4.98 Å². The van der Waals surface area contributed by atoms with E-state index in [1.54, 1.807) is 23.8 Å². The Bertz CT molecular complexity index is 339. The van der Waals surface area contributed by atoms with E-state index in [2.05, 4.69) is 10.1 Å². The largest absolute Gasteiger partial charge is 0.364 e. The van der Waals surface area contributed by atoms with Gasteiger partial charge in [0.15, 0.2) is 0 Å². The predicted molar refractivity (Wildman–Crippen MR) is 42.3 cm³/mol. The van der Waals surface area contributed by atoms with Crippen molar-refractivity contribution >= 4 is 11.3 Å². The standard InChI is InChI=1S/C7H6N2OS/c1-5-4-10-9-6(5)7-8-2-3-11-7/h2-4H,1H3. The van der Waals surface area contributed by atoms with E-state index in [0.29, 0.717) is 0 Å². The monoisotopic (exact) mass is 166 g/mol. The van der Waals surface area contributed by atoms with Gasteiger partial charge in [-0.3, -0.25) is 0 Å². The van der Waals surface area contributed by atoms with Crippen molar-refractivity contribution in [2.45, 2.75) is 6.92 Å². The van der Waals surface area contributed by atoms with Crippen LogP contribution in [0.1, 0.15) is 5.56 Å². The van der Waals surface area contributed by atoms with Gasteiger partial charge in [-0.05, 0) is 6.92 Å². The molecule has 0 aliphatic heterocycles. The molecule has 4 heteroatoms. The van der Waals surface area contributed by atoms with Crippen LogP contribution < -0.4 is 0 Å². The molecule has 2 heterocycles. The molecule has 0 fully saturated rings. The van der Waals surface area contributed by atoms with Crippen molar-refractivity contribution in [1.29, 1.82) is 0 Å². The molecule has 56 valence electrons. The molecule has 2 aromatic rings. The quantitative estimate of drug-likeness (QED) is 0.651. The first-order valence-corrected chi connectivity index (χ1v) is 4.07. The van der Waals surface area contributed by atoms with Crippen LogP contribution in [0.15, 0.2) is 22.4 Å². The van der Waals surface area contributed by atoms with Crippen molar-refractivity contribution in [1.82, 2.24) is 10.1 Å². The molecule has 0 spiro atoms. The lowest BCUT2D eigenvalue weighted by Gasteiger charge is -1.86. The Hall–Kier alpha value is -1.16. The predicted octanol–water partition coefficient (Wildman–Crippen LogP) is 2.11. The second kappa shape index (κ2) is 2.47. The summed E-state index contributed by atoms with van der Waals surface area (Å²) in [5.41, 5.74) is 1.87. The Morgan fingerprint density at radius 3 is 3.00 bits per heavy atom. The van der Waals surface area contributed by atoms with Crippen LogP contribution in [-0.2, 0) is 0 Å². The van der Waals surface area contributed by atoms with Gasteiger partial charge < -0.3 is 4.52 Å². The third-order valence-corrected chi connectivity index (χ3v) is 2.16. The highest BCUT2D eigenvalue weighted by atomic mass is 32.1. The Labute approximate surface area is 67.7 Å². The highest BCUT2D eigenvalue weighted by Crippen LogP contribution is 2.22. The minimum Gasteiger partial charge on any atom is -0.364 e. The van der Waals surface area contributed by atoms with Gasteiger partial charge in [0.05, 0.1) is 0 Å². The Kier molecular flexibility index (Phi) is 1.47. The van der Waals surface area contributed by atoms with E-state index >= 15 is 0 Å². The Morgan fingerprint density at radius 2 is 2.45 bits per heavy atom. The lowest BCUT2D eigenvalue weighted by atomic mass is 10.3. The Morgan fingerprint density at radius 1 is 1.55 bits per heavy atom. The molecule has 2 rings (SSSR count). The second-order valence-corrected chi connectivity index (χ2v) is 3.08. The van der Waals surface area contributed by atoms with E-state index in [0.717, 1.165) is 16.3 Å². The molecule has 0 N–H and O–H groups in total. The van der Waals surface area contributed by atoms with Gasteiger partial charge in [0.1, 0.15) is 17.0 Å². The maximum absolute atomic E-state index is 4.79. The summed E-state index contributed by atoms with van der Waals surface area (Å²) in [4.78, 5) is 4.12. The molecule has 0 amide bonds. The van der Waals surface area contributed by atoms with Gasteiger partial charge in [-0.2, -0.15) is 0 Å². The molecule has 0 aliphatic carbocycles. The smallest absolute Gasteiger partial charge is 0.145 e. The van der Waals surface area contributed by atoms with E-state index in [1.807, 2.05) is 12.3 Å². The third kappa shape index (κ3) is 1.05. The fraction of sp³-hybridized carbons (Fsp3) is 0.143. The first-order valence-electron chi connectivity index (χ1n) is 3.19.